The second-order valence-corrected chi connectivity index (χ2v) is 7.69. The second kappa shape index (κ2) is 10.4. The molecule has 0 saturated heterocycles. The van der Waals surface area contributed by atoms with Crippen LogP contribution in [0.15, 0.2) is 16.3 Å². The van der Waals surface area contributed by atoms with E-state index in [1.165, 1.54) is 12.1 Å². The normalized spacial score (nSPS) is 11.0. The Kier molecular flexibility index (Phi) is 10.2. The molecule has 0 unspecified atom stereocenters. The highest BCUT2D eigenvalue weighted by Crippen LogP contribution is 2.25. The molecule has 0 aliphatic heterocycles. The molecule has 0 spiro atoms. The van der Waals surface area contributed by atoms with Crippen LogP contribution in [0.5, 0.6) is 0 Å². The predicted molar refractivity (Wildman–Crippen MR) is 87.9 cm³/mol. The molecule has 0 saturated carbocycles. The second-order valence-electron chi connectivity index (χ2n) is 3.98. The molecule has 6 nitrogen and oxygen atoms in total. The van der Waals surface area contributed by atoms with Gasteiger partial charge in [0.2, 0.25) is 5.91 Å². The summed E-state index contributed by atoms with van der Waals surface area (Å²) in [6.45, 7) is 3.78. The standard InChI is InChI=1S/C11H18ClN3O3S2.ClH/c1-2-5-13-6-7-14-10(16)8-15-20(17,18)11-4-3-9(12)19-11;/h3-4,13,15H,2,5-8H2,1H3,(H,14,16);1H. The van der Waals surface area contributed by atoms with Gasteiger partial charge in [0.1, 0.15) is 4.21 Å². The number of hydrogen-bond acceptors (Lipinski definition) is 5. The summed E-state index contributed by atoms with van der Waals surface area (Å²) >= 11 is 6.63. The number of hydrogen-bond donors (Lipinski definition) is 3. The van der Waals surface area contributed by atoms with Gasteiger partial charge in [-0.1, -0.05) is 18.5 Å². The first-order chi connectivity index (χ1) is 9.45. The molecular formula is C11H19Cl2N3O3S2. The van der Waals surface area contributed by atoms with Gasteiger partial charge in [-0.15, -0.1) is 23.7 Å². The van der Waals surface area contributed by atoms with Crippen LogP contribution < -0.4 is 15.4 Å². The lowest BCUT2D eigenvalue weighted by Gasteiger charge is -2.07. The van der Waals surface area contributed by atoms with Crippen molar-refractivity contribution in [2.75, 3.05) is 26.2 Å². The van der Waals surface area contributed by atoms with E-state index in [-0.39, 0.29) is 29.1 Å². The largest absolute Gasteiger partial charge is 0.354 e. The minimum Gasteiger partial charge on any atom is -0.354 e. The molecule has 1 rings (SSSR count). The summed E-state index contributed by atoms with van der Waals surface area (Å²) in [5.41, 5.74) is 0. The van der Waals surface area contributed by atoms with Gasteiger partial charge in [-0.2, -0.15) is 0 Å². The molecule has 0 radical (unpaired) electrons. The Labute approximate surface area is 140 Å². The van der Waals surface area contributed by atoms with Crippen LogP contribution in [0, 0.1) is 0 Å². The van der Waals surface area contributed by atoms with Crippen molar-refractivity contribution in [3.8, 4) is 0 Å². The summed E-state index contributed by atoms with van der Waals surface area (Å²) in [7, 11) is -3.67. The highest BCUT2D eigenvalue weighted by Gasteiger charge is 2.17. The highest BCUT2D eigenvalue weighted by molar-refractivity contribution is 7.91. The number of carbonyl (C=O) groups is 1. The zero-order valence-corrected chi connectivity index (χ0v) is 14.7. The van der Waals surface area contributed by atoms with E-state index in [1.807, 2.05) is 0 Å². The summed E-state index contributed by atoms with van der Waals surface area (Å²) < 4.78 is 26.3. The lowest BCUT2D eigenvalue weighted by Crippen LogP contribution is -2.39. The molecule has 0 atom stereocenters. The van der Waals surface area contributed by atoms with Crippen molar-refractivity contribution in [1.82, 2.24) is 15.4 Å². The number of carbonyl (C=O) groups excluding carboxylic acids is 1. The van der Waals surface area contributed by atoms with Gasteiger partial charge in [0.25, 0.3) is 10.0 Å². The summed E-state index contributed by atoms with van der Waals surface area (Å²) in [4.78, 5) is 11.5. The zero-order chi connectivity index (χ0) is 15.0. The average molecular weight is 376 g/mol. The van der Waals surface area contributed by atoms with Crippen LogP contribution in [0.1, 0.15) is 13.3 Å². The number of sulfonamides is 1. The van der Waals surface area contributed by atoms with Crippen LogP contribution in [0.3, 0.4) is 0 Å². The van der Waals surface area contributed by atoms with Gasteiger partial charge in [-0.05, 0) is 25.1 Å². The topological polar surface area (TPSA) is 87.3 Å². The van der Waals surface area contributed by atoms with E-state index in [0.717, 1.165) is 24.3 Å². The van der Waals surface area contributed by atoms with E-state index in [0.29, 0.717) is 17.4 Å². The van der Waals surface area contributed by atoms with Crippen molar-refractivity contribution in [1.29, 1.82) is 0 Å². The van der Waals surface area contributed by atoms with Crippen molar-refractivity contribution >= 4 is 51.3 Å². The quantitative estimate of drug-likeness (QED) is 0.566. The Morgan fingerprint density at radius 1 is 1.29 bits per heavy atom. The van der Waals surface area contributed by atoms with Crippen LogP contribution in [0.4, 0.5) is 0 Å². The monoisotopic (exact) mass is 375 g/mol. The van der Waals surface area contributed by atoms with Gasteiger partial charge in [-0.25, -0.2) is 13.1 Å². The van der Waals surface area contributed by atoms with Gasteiger partial charge in [0.05, 0.1) is 10.9 Å². The lowest BCUT2D eigenvalue weighted by atomic mass is 10.4. The number of amides is 1. The smallest absolute Gasteiger partial charge is 0.250 e. The van der Waals surface area contributed by atoms with E-state index in [9.17, 15) is 13.2 Å². The Bertz CT molecular complexity index is 535. The first kappa shape index (κ1) is 20.6. The Balaban J connectivity index is 0.00000400. The van der Waals surface area contributed by atoms with E-state index in [4.69, 9.17) is 11.6 Å². The Hall–Kier alpha value is -0.380. The third kappa shape index (κ3) is 7.98. The maximum absolute atomic E-state index is 11.8. The van der Waals surface area contributed by atoms with E-state index in [1.54, 1.807) is 0 Å². The molecule has 1 aromatic rings. The molecule has 0 fully saturated rings. The Morgan fingerprint density at radius 2 is 2.00 bits per heavy atom. The number of nitrogens with one attached hydrogen (secondary N) is 3. The molecule has 0 aromatic carbocycles. The minimum absolute atomic E-state index is 0. The van der Waals surface area contributed by atoms with Gasteiger partial charge >= 0.3 is 0 Å². The SMILES string of the molecule is CCCNCCNC(=O)CNS(=O)(=O)c1ccc(Cl)s1.Cl. The number of thiophene rings is 1. The highest BCUT2D eigenvalue weighted by atomic mass is 35.5. The maximum atomic E-state index is 11.8. The number of rotatable bonds is 9. The van der Waals surface area contributed by atoms with Crippen molar-refractivity contribution in [2.24, 2.45) is 0 Å². The van der Waals surface area contributed by atoms with Gasteiger partial charge in [0.15, 0.2) is 0 Å². The molecule has 1 heterocycles. The van der Waals surface area contributed by atoms with Crippen molar-refractivity contribution in [3.05, 3.63) is 16.5 Å². The van der Waals surface area contributed by atoms with E-state index >= 15 is 0 Å². The third-order valence-electron chi connectivity index (χ3n) is 2.29. The molecular weight excluding hydrogens is 357 g/mol. The molecule has 3 N–H and O–H groups in total. The molecule has 1 aromatic heterocycles. The van der Waals surface area contributed by atoms with Crippen LogP contribution in [0.25, 0.3) is 0 Å². The fourth-order valence-electron chi connectivity index (χ4n) is 1.33. The average Bonchev–Trinajstić information content (AvgIpc) is 2.84. The Morgan fingerprint density at radius 3 is 2.57 bits per heavy atom. The van der Waals surface area contributed by atoms with Gasteiger partial charge in [-0.3, -0.25) is 4.79 Å². The third-order valence-corrected chi connectivity index (χ3v) is 5.41. The minimum atomic E-state index is -3.67. The molecule has 0 bridgehead atoms. The molecule has 0 aliphatic carbocycles. The molecule has 1 amide bonds. The zero-order valence-electron chi connectivity index (χ0n) is 11.5. The molecule has 122 valence electrons. The van der Waals surface area contributed by atoms with E-state index in [2.05, 4.69) is 22.3 Å². The summed E-state index contributed by atoms with van der Waals surface area (Å²) in [5, 5.41) is 5.74. The predicted octanol–water partition coefficient (Wildman–Crippen LogP) is 1.22. The van der Waals surface area contributed by atoms with Crippen LogP contribution in [-0.2, 0) is 14.8 Å². The number of halogens is 2. The summed E-state index contributed by atoms with van der Waals surface area (Å²) in [6.07, 6.45) is 1.02. The molecule has 10 heteroatoms. The lowest BCUT2D eigenvalue weighted by molar-refractivity contribution is -0.119. The maximum Gasteiger partial charge on any atom is 0.250 e. The fraction of sp³-hybridized carbons (Fsp3) is 0.545. The van der Waals surface area contributed by atoms with Crippen molar-refractivity contribution in [2.45, 2.75) is 17.6 Å². The van der Waals surface area contributed by atoms with Crippen LogP contribution >= 0.6 is 35.3 Å². The van der Waals surface area contributed by atoms with Crippen molar-refractivity contribution < 1.29 is 13.2 Å². The van der Waals surface area contributed by atoms with Crippen LogP contribution in [0.2, 0.25) is 4.34 Å². The fourth-order valence-corrected chi connectivity index (χ4v) is 3.84. The summed E-state index contributed by atoms with van der Waals surface area (Å²) in [6, 6.07) is 2.90. The molecule has 21 heavy (non-hydrogen) atoms. The first-order valence-corrected chi connectivity index (χ1v) is 8.86. The van der Waals surface area contributed by atoms with E-state index < -0.39 is 10.0 Å². The van der Waals surface area contributed by atoms with Crippen molar-refractivity contribution in [3.63, 3.8) is 0 Å². The van der Waals surface area contributed by atoms with Gasteiger partial charge < -0.3 is 10.6 Å². The molecule has 0 aliphatic rings. The van der Waals surface area contributed by atoms with Crippen LogP contribution in [-0.4, -0.2) is 40.5 Å². The first-order valence-electron chi connectivity index (χ1n) is 6.18. The van der Waals surface area contributed by atoms with Gasteiger partial charge in [0, 0.05) is 13.1 Å². The summed E-state index contributed by atoms with van der Waals surface area (Å²) in [5.74, 6) is -0.366.